The predicted molar refractivity (Wildman–Crippen MR) is 73.5 cm³/mol. The van der Waals surface area contributed by atoms with Gasteiger partial charge in [0.05, 0.1) is 18.7 Å². The third-order valence-electron chi connectivity index (χ3n) is 4.20. The van der Waals surface area contributed by atoms with Gasteiger partial charge < -0.3 is 4.90 Å². The van der Waals surface area contributed by atoms with Gasteiger partial charge in [0, 0.05) is 39.3 Å². The van der Waals surface area contributed by atoms with E-state index in [0.717, 1.165) is 58.5 Å². The van der Waals surface area contributed by atoms with Crippen LogP contribution in [-0.2, 0) is 4.79 Å². The summed E-state index contributed by atoms with van der Waals surface area (Å²) in [6.07, 6.45) is 3.18. The zero-order valence-corrected chi connectivity index (χ0v) is 11.8. The smallest absolute Gasteiger partial charge is 0.236 e. The lowest BCUT2D eigenvalue weighted by molar-refractivity contribution is -0.131. The average Bonchev–Trinajstić information content (AvgIpc) is 2.96. The zero-order chi connectivity index (χ0) is 13.7. The van der Waals surface area contributed by atoms with Gasteiger partial charge in [0.1, 0.15) is 0 Å². The molecule has 19 heavy (non-hydrogen) atoms. The van der Waals surface area contributed by atoms with Crippen molar-refractivity contribution >= 4 is 5.91 Å². The van der Waals surface area contributed by atoms with Crippen LogP contribution in [0.3, 0.4) is 0 Å². The van der Waals surface area contributed by atoms with E-state index in [9.17, 15) is 4.79 Å². The maximum absolute atomic E-state index is 12.1. The summed E-state index contributed by atoms with van der Waals surface area (Å²) in [6.45, 7) is 8.08. The topological polar surface area (TPSA) is 50.6 Å². The van der Waals surface area contributed by atoms with E-state index in [1.54, 1.807) is 0 Å². The molecular formula is C14H24N4O. The minimum Gasteiger partial charge on any atom is -0.342 e. The molecule has 0 aliphatic carbocycles. The van der Waals surface area contributed by atoms with E-state index < -0.39 is 0 Å². The van der Waals surface area contributed by atoms with E-state index in [1.165, 1.54) is 0 Å². The molecule has 2 saturated heterocycles. The van der Waals surface area contributed by atoms with E-state index in [1.807, 2.05) is 4.90 Å². The average molecular weight is 264 g/mol. The molecule has 0 bridgehead atoms. The van der Waals surface area contributed by atoms with Crippen molar-refractivity contribution in [3.8, 4) is 6.07 Å². The van der Waals surface area contributed by atoms with E-state index in [0.29, 0.717) is 6.54 Å². The molecule has 1 amide bonds. The zero-order valence-electron chi connectivity index (χ0n) is 11.8. The molecule has 2 aliphatic rings. The van der Waals surface area contributed by atoms with Crippen LogP contribution in [0.4, 0.5) is 0 Å². The molecule has 1 atom stereocenters. The Balaban J connectivity index is 1.74. The van der Waals surface area contributed by atoms with Gasteiger partial charge in [-0.1, -0.05) is 6.92 Å². The Morgan fingerprint density at radius 3 is 2.32 bits per heavy atom. The molecular weight excluding hydrogens is 240 g/mol. The van der Waals surface area contributed by atoms with Crippen LogP contribution in [0.15, 0.2) is 0 Å². The molecule has 2 rings (SSSR count). The van der Waals surface area contributed by atoms with Crippen LogP contribution >= 0.6 is 0 Å². The van der Waals surface area contributed by atoms with Crippen molar-refractivity contribution in [3.63, 3.8) is 0 Å². The number of hydrogen-bond acceptors (Lipinski definition) is 4. The highest BCUT2D eigenvalue weighted by Crippen LogP contribution is 2.11. The van der Waals surface area contributed by atoms with Crippen LogP contribution in [0.25, 0.3) is 0 Å². The first kappa shape index (κ1) is 14.3. The molecule has 2 aliphatic heterocycles. The summed E-state index contributed by atoms with van der Waals surface area (Å²) >= 11 is 0. The normalized spacial score (nSPS) is 23.3. The van der Waals surface area contributed by atoms with Crippen molar-refractivity contribution in [1.29, 1.82) is 5.26 Å². The molecule has 0 spiro atoms. The summed E-state index contributed by atoms with van der Waals surface area (Å²) in [4.78, 5) is 18.5. The Morgan fingerprint density at radius 2 is 1.79 bits per heavy atom. The van der Waals surface area contributed by atoms with Gasteiger partial charge in [-0.25, -0.2) is 0 Å². The third kappa shape index (κ3) is 3.68. The number of hydrogen-bond donors (Lipinski definition) is 0. The Kier molecular flexibility index (Phi) is 5.17. The molecule has 0 N–H and O–H groups in total. The second-order valence-electron chi connectivity index (χ2n) is 5.45. The van der Waals surface area contributed by atoms with Crippen molar-refractivity contribution < 1.29 is 4.79 Å². The van der Waals surface area contributed by atoms with Crippen molar-refractivity contribution in [2.24, 2.45) is 0 Å². The number of carbonyl (C=O) groups is 1. The Labute approximate surface area is 115 Å². The van der Waals surface area contributed by atoms with Crippen LogP contribution < -0.4 is 0 Å². The number of amides is 1. The fourth-order valence-corrected chi connectivity index (χ4v) is 2.92. The van der Waals surface area contributed by atoms with Crippen molar-refractivity contribution in [2.75, 3.05) is 45.8 Å². The first-order chi connectivity index (χ1) is 9.24. The largest absolute Gasteiger partial charge is 0.342 e. The molecule has 2 fully saturated rings. The lowest BCUT2D eigenvalue weighted by Crippen LogP contribution is -2.52. The molecule has 0 aromatic rings. The van der Waals surface area contributed by atoms with Gasteiger partial charge >= 0.3 is 0 Å². The van der Waals surface area contributed by atoms with Gasteiger partial charge in [0.2, 0.25) is 5.91 Å². The summed E-state index contributed by atoms with van der Waals surface area (Å²) in [5.74, 6) is 0.276. The van der Waals surface area contributed by atoms with Crippen molar-refractivity contribution in [1.82, 2.24) is 14.7 Å². The lowest BCUT2D eigenvalue weighted by Gasteiger charge is -2.36. The van der Waals surface area contributed by atoms with Gasteiger partial charge in [0.15, 0.2) is 0 Å². The van der Waals surface area contributed by atoms with Gasteiger partial charge in [-0.2, -0.15) is 5.26 Å². The molecule has 5 heteroatoms. The standard InChI is InChI=1S/C14H24N4O/c1-2-13(11-15)17-9-7-16(8-10-17)12-14(19)18-5-3-4-6-18/h13H,2-10,12H2,1H3. The minimum absolute atomic E-state index is 0.0384. The van der Waals surface area contributed by atoms with E-state index in [-0.39, 0.29) is 11.9 Å². The quantitative estimate of drug-likeness (QED) is 0.743. The van der Waals surface area contributed by atoms with E-state index in [2.05, 4.69) is 22.8 Å². The molecule has 106 valence electrons. The number of rotatable bonds is 4. The highest BCUT2D eigenvalue weighted by atomic mass is 16.2. The van der Waals surface area contributed by atoms with Gasteiger partial charge in [-0.05, 0) is 19.3 Å². The first-order valence-electron chi connectivity index (χ1n) is 7.38. The Hall–Kier alpha value is -1.12. The van der Waals surface area contributed by atoms with Gasteiger partial charge in [-0.15, -0.1) is 0 Å². The van der Waals surface area contributed by atoms with Crippen LogP contribution in [0.5, 0.6) is 0 Å². The highest BCUT2D eigenvalue weighted by molar-refractivity contribution is 5.78. The summed E-state index contributed by atoms with van der Waals surface area (Å²) in [5.41, 5.74) is 0. The van der Waals surface area contributed by atoms with Crippen molar-refractivity contribution in [2.45, 2.75) is 32.2 Å². The monoisotopic (exact) mass is 264 g/mol. The molecule has 0 saturated carbocycles. The molecule has 2 heterocycles. The molecule has 5 nitrogen and oxygen atoms in total. The minimum atomic E-state index is 0.0384. The molecule has 0 aromatic heterocycles. The third-order valence-corrected chi connectivity index (χ3v) is 4.20. The van der Waals surface area contributed by atoms with Crippen molar-refractivity contribution in [3.05, 3.63) is 0 Å². The number of likely N-dealkylation sites (tertiary alicyclic amines) is 1. The fraction of sp³-hybridized carbons (Fsp3) is 0.857. The maximum Gasteiger partial charge on any atom is 0.236 e. The summed E-state index contributed by atoms with van der Waals surface area (Å²) < 4.78 is 0. The van der Waals surface area contributed by atoms with Crippen LogP contribution in [0.1, 0.15) is 26.2 Å². The van der Waals surface area contributed by atoms with Crippen LogP contribution in [-0.4, -0.2) is 72.5 Å². The molecule has 0 radical (unpaired) electrons. The van der Waals surface area contributed by atoms with E-state index >= 15 is 0 Å². The van der Waals surface area contributed by atoms with Gasteiger partial charge in [-0.3, -0.25) is 14.6 Å². The fourth-order valence-electron chi connectivity index (χ4n) is 2.92. The maximum atomic E-state index is 12.1. The second-order valence-corrected chi connectivity index (χ2v) is 5.45. The predicted octanol–water partition coefficient (Wildman–Crippen LogP) is 0.529. The van der Waals surface area contributed by atoms with Crippen LogP contribution in [0, 0.1) is 11.3 Å². The highest BCUT2D eigenvalue weighted by Gasteiger charge is 2.25. The summed E-state index contributed by atoms with van der Waals surface area (Å²) in [5, 5.41) is 9.07. The second kappa shape index (κ2) is 6.88. The number of nitriles is 1. The Morgan fingerprint density at radius 1 is 1.16 bits per heavy atom. The number of nitrogens with zero attached hydrogens (tertiary/aromatic N) is 4. The van der Waals surface area contributed by atoms with Crippen LogP contribution in [0.2, 0.25) is 0 Å². The summed E-state index contributed by atoms with van der Waals surface area (Å²) in [7, 11) is 0. The number of carbonyl (C=O) groups excluding carboxylic acids is 1. The summed E-state index contributed by atoms with van der Waals surface area (Å²) in [6, 6.07) is 2.39. The molecule has 1 unspecified atom stereocenters. The molecule has 0 aromatic carbocycles. The van der Waals surface area contributed by atoms with E-state index in [4.69, 9.17) is 5.26 Å². The SMILES string of the molecule is CCC(C#N)N1CCN(CC(=O)N2CCCC2)CC1. The number of piperazine rings is 1. The first-order valence-corrected chi connectivity index (χ1v) is 7.38. The Bertz CT molecular complexity index is 338. The lowest BCUT2D eigenvalue weighted by atomic mass is 10.2. The van der Waals surface area contributed by atoms with Gasteiger partial charge in [0.25, 0.3) is 0 Å².